The van der Waals surface area contributed by atoms with Gasteiger partial charge in [0, 0.05) is 12.4 Å². The van der Waals surface area contributed by atoms with Crippen LogP contribution in [0.2, 0.25) is 0 Å². The van der Waals surface area contributed by atoms with Crippen molar-refractivity contribution < 1.29 is 0 Å². The van der Waals surface area contributed by atoms with Crippen molar-refractivity contribution in [2.45, 2.75) is 6.54 Å². The summed E-state index contributed by atoms with van der Waals surface area (Å²) in [5.41, 5.74) is 4.18. The summed E-state index contributed by atoms with van der Waals surface area (Å²) in [6.07, 6.45) is 3.76. The maximum Gasteiger partial charge on any atom is 0.0815 e. The van der Waals surface area contributed by atoms with Crippen molar-refractivity contribution in [2.75, 3.05) is 0 Å². The number of nitrogens with zero attached hydrogens (tertiary/aromatic N) is 3. The molecule has 2 heterocycles. The smallest absolute Gasteiger partial charge is 0.0815 e. The summed E-state index contributed by atoms with van der Waals surface area (Å²) < 4.78 is 3.15. The molecule has 0 radical (unpaired) electrons. The Bertz CT molecular complexity index is 568. The van der Waals surface area contributed by atoms with E-state index in [4.69, 9.17) is 0 Å². The topological polar surface area (TPSA) is 30.7 Å². The third kappa shape index (κ3) is 1.64. The minimum absolute atomic E-state index is 0.806. The van der Waals surface area contributed by atoms with Crippen molar-refractivity contribution in [1.82, 2.24) is 14.8 Å². The normalized spacial score (nSPS) is 10.9. The fraction of sp³-hybridized carbons (Fsp3) is 0.0909. The molecule has 0 atom stereocenters. The molecule has 0 saturated carbocycles. The van der Waals surface area contributed by atoms with E-state index in [0.717, 1.165) is 12.1 Å². The molecule has 0 amide bonds. The second-order valence-corrected chi connectivity index (χ2v) is 4.24. The van der Waals surface area contributed by atoms with Crippen molar-refractivity contribution in [3.8, 4) is 0 Å². The standard InChI is InChI=1S/C11H9N3S/c1-4-13-14(5-1)7-9-2-3-11-10(6-9)12-8-15-11/h1-6,8H,7H2. The van der Waals surface area contributed by atoms with Gasteiger partial charge in [-0.25, -0.2) is 4.98 Å². The predicted molar refractivity (Wildman–Crippen MR) is 60.9 cm³/mol. The lowest BCUT2D eigenvalue weighted by Crippen LogP contribution is -1.99. The van der Waals surface area contributed by atoms with E-state index < -0.39 is 0 Å². The van der Waals surface area contributed by atoms with Crippen LogP contribution in [0, 0.1) is 0 Å². The van der Waals surface area contributed by atoms with E-state index >= 15 is 0 Å². The Morgan fingerprint density at radius 3 is 3.20 bits per heavy atom. The van der Waals surface area contributed by atoms with Crippen LogP contribution in [0.4, 0.5) is 0 Å². The molecule has 74 valence electrons. The van der Waals surface area contributed by atoms with E-state index in [-0.39, 0.29) is 0 Å². The lowest BCUT2D eigenvalue weighted by molar-refractivity contribution is 0.687. The van der Waals surface area contributed by atoms with Gasteiger partial charge in [0.05, 0.1) is 22.3 Å². The van der Waals surface area contributed by atoms with Crippen molar-refractivity contribution in [3.05, 3.63) is 47.7 Å². The molecule has 3 aromatic rings. The lowest BCUT2D eigenvalue weighted by Gasteiger charge is -2.01. The second-order valence-electron chi connectivity index (χ2n) is 3.36. The van der Waals surface area contributed by atoms with Gasteiger partial charge < -0.3 is 0 Å². The number of thiazole rings is 1. The third-order valence-corrected chi connectivity index (χ3v) is 3.11. The first-order valence-corrected chi connectivity index (χ1v) is 5.59. The van der Waals surface area contributed by atoms with E-state index in [0.29, 0.717) is 0 Å². The summed E-state index contributed by atoms with van der Waals surface area (Å²) in [6, 6.07) is 8.29. The summed E-state index contributed by atoms with van der Waals surface area (Å²) in [7, 11) is 0. The molecule has 0 aliphatic rings. The van der Waals surface area contributed by atoms with Crippen LogP contribution in [0.1, 0.15) is 5.56 Å². The Hall–Kier alpha value is -1.68. The molecule has 0 aliphatic carbocycles. The van der Waals surface area contributed by atoms with Crippen LogP contribution in [0.3, 0.4) is 0 Å². The fourth-order valence-corrected chi connectivity index (χ4v) is 2.24. The van der Waals surface area contributed by atoms with Crippen molar-refractivity contribution in [3.63, 3.8) is 0 Å². The molecule has 4 heteroatoms. The number of benzene rings is 1. The predicted octanol–water partition coefficient (Wildman–Crippen LogP) is 2.54. The number of hydrogen-bond donors (Lipinski definition) is 0. The van der Waals surface area contributed by atoms with Crippen LogP contribution >= 0.6 is 11.3 Å². The summed E-state index contributed by atoms with van der Waals surface area (Å²) in [5.74, 6) is 0. The van der Waals surface area contributed by atoms with E-state index in [1.165, 1.54) is 10.3 Å². The third-order valence-electron chi connectivity index (χ3n) is 2.30. The Labute approximate surface area is 91.0 Å². The zero-order valence-electron chi connectivity index (χ0n) is 8.00. The Balaban J connectivity index is 1.97. The number of rotatable bonds is 2. The van der Waals surface area contributed by atoms with E-state index in [2.05, 4.69) is 28.3 Å². The highest BCUT2D eigenvalue weighted by Crippen LogP contribution is 2.19. The van der Waals surface area contributed by atoms with Crippen LogP contribution in [0.15, 0.2) is 42.2 Å². The zero-order chi connectivity index (χ0) is 10.1. The molecular weight excluding hydrogens is 206 g/mol. The molecule has 3 rings (SSSR count). The summed E-state index contributed by atoms with van der Waals surface area (Å²) in [6.45, 7) is 0.806. The van der Waals surface area contributed by atoms with Crippen LogP contribution < -0.4 is 0 Å². The first-order valence-electron chi connectivity index (χ1n) is 4.71. The highest BCUT2D eigenvalue weighted by Gasteiger charge is 1.99. The van der Waals surface area contributed by atoms with Gasteiger partial charge in [0.25, 0.3) is 0 Å². The average Bonchev–Trinajstić information content (AvgIpc) is 2.87. The average molecular weight is 215 g/mol. The molecule has 0 aliphatic heterocycles. The Kier molecular flexibility index (Phi) is 1.99. The maximum absolute atomic E-state index is 4.30. The van der Waals surface area contributed by atoms with E-state index in [1.807, 2.05) is 22.5 Å². The summed E-state index contributed by atoms with van der Waals surface area (Å²) >= 11 is 1.67. The van der Waals surface area contributed by atoms with Gasteiger partial charge in [0.1, 0.15) is 0 Å². The molecule has 3 nitrogen and oxygen atoms in total. The lowest BCUT2D eigenvalue weighted by atomic mass is 10.2. The molecule has 0 spiro atoms. The highest BCUT2D eigenvalue weighted by atomic mass is 32.1. The van der Waals surface area contributed by atoms with Gasteiger partial charge in [-0.1, -0.05) is 6.07 Å². The maximum atomic E-state index is 4.30. The van der Waals surface area contributed by atoms with Crippen molar-refractivity contribution in [1.29, 1.82) is 0 Å². The number of hydrogen-bond acceptors (Lipinski definition) is 3. The van der Waals surface area contributed by atoms with Crippen molar-refractivity contribution in [2.24, 2.45) is 0 Å². The Morgan fingerprint density at radius 1 is 1.33 bits per heavy atom. The molecule has 15 heavy (non-hydrogen) atoms. The zero-order valence-corrected chi connectivity index (χ0v) is 8.81. The molecular formula is C11H9N3S. The minimum Gasteiger partial charge on any atom is -0.268 e. The van der Waals surface area contributed by atoms with Gasteiger partial charge in [0.2, 0.25) is 0 Å². The van der Waals surface area contributed by atoms with Gasteiger partial charge in [-0.05, 0) is 23.8 Å². The monoisotopic (exact) mass is 215 g/mol. The van der Waals surface area contributed by atoms with Crippen LogP contribution in [-0.4, -0.2) is 14.8 Å². The van der Waals surface area contributed by atoms with Gasteiger partial charge in [0.15, 0.2) is 0 Å². The first kappa shape index (κ1) is 8.61. The fourth-order valence-electron chi connectivity index (χ4n) is 1.58. The number of aromatic nitrogens is 3. The SMILES string of the molecule is c1cnn(Cc2ccc3scnc3c2)c1. The number of fused-ring (bicyclic) bond motifs is 1. The van der Waals surface area contributed by atoms with Gasteiger partial charge in [-0.15, -0.1) is 11.3 Å². The molecule has 2 aromatic heterocycles. The summed E-state index contributed by atoms with van der Waals surface area (Å²) in [5, 5.41) is 4.18. The molecule has 0 N–H and O–H groups in total. The largest absolute Gasteiger partial charge is 0.268 e. The molecule has 0 fully saturated rings. The van der Waals surface area contributed by atoms with E-state index in [9.17, 15) is 0 Å². The van der Waals surface area contributed by atoms with Gasteiger partial charge >= 0.3 is 0 Å². The minimum atomic E-state index is 0.806. The van der Waals surface area contributed by atoms with Gasteiger partial charge in [-0.2, -0.15) is 5.10 Å². The van der Waals surface area contributed by atoms with E-state index in [1.54, 1.807) is 17.5 Å². The molecule has 0 unspecified atom stereocenters. The van der Waals surface area contributed by atoms with Crippen LogP contribution in [0.5, 0.6) is 0 Å². The molecule has 1 aromatic carbocycles. The van der Waals surface area contributed by atoms with Crippen molar-refractivity contribution >= 4 is 21.6 Å². The Morgan fingerprint density at radius 2 is 2.33 bits per heavy atom. The van der Waals surface area contributed by atoms with Crippen LogP contribution in [-0.2, 0) is 6.54 Å². The highest BCUT2D eigenvalue weighted by molar-refractivity contribution is 7.16. The first-order chi connectivity index (χ1) is 7.42. The molecule has 0 saturated heterocycles. The van der Waals surface area contributed by atoms with Gasteiger partial charge in [-0.3, -0.25) is 4.68 Å². The quantitative estimate of drug-likeness (QED) is 0.657. The second kappa shape index (κ2) is 3.47. The summed E-state index contributed by atoms with van der Waals surface area (Å²) in [4.78, 5) is 4.30. The molecule has 0 bridgehead atoms. The van der Waals surface area contributed by atoms with Crippen LogP contribution in [0.25, 0.3) is 10.2 Å².